The van der Waals surface area contributed by atoms with Crippen molar-refractivity contribution in [2.45, 2.75) is 12.8 Å². The van der Waals surface area contributed by atoms with E-state index >= 15 is 0 Å². The number of nitrogens with one attached hydrogen (secondary N) is 3. The zero-order valence-electron chi connectivity index (χ0n) is 16.0. The molecule has 0 unspecified atom stereocenters. The van der Waals surface area contributed by atoms with Crippen LogP contribution in [0.25, 0.3) is 4.96 Å². The van der Waals surface area contributed by atoms with Crippen LogP contribution in [0, 0.1) is 0 Å². The van der Waals surface area contributed by atoms with Gasteiger partial charge in [-0.25, -0.2) is 4.98 Å². The molecular weight excluding hydrogens is 394 g/mol. The van der Waals surface area contributed by atoms with Crippen molar-refractivity contribution in [3.8, 4) is 5.75 Å². The molecule has 3 N–H and O–H groups in total. The molecule has 0 bridgehead atoms. The number of hydrogen-bond acceptors (Lipinski definition) is 6. The molecule has 3 aromatic rings. The van der Waals surface area contributed by atoms with Gasteiger partial charge in [-0.2, -0.15) is 0 Å². The van der Waals surface area contributed by atoms with Crippen molar-refractivity contribution in [2.24, 2.45) is 0 Å². The van der Waals surface area contributed by atoms with Gasteiger partial charge in [0, 0.05) is 43.5 Å². The van der Waals surface area contributed by atoms with Crippen molar-refractivity contribution in [3.63, 3.8) is 0 Å². The third-order valence-electron chi connectivity index (χ3n) is 4.17. The molecule has 9 nitrogen and oxygen atoms in total. The van der Waals surface area contributed by atoms with Crippen LogP contribution in [-0.2, 0) is 4.79 Å². The van der Waals surface area contributed by atoms with E-state index in [2.05, 4.69) is 20.9 Å². The van der Waals surface area contributed by atoms with Gasteiger partial charge in [-0.1, -0.05) is 0 Å². The summed E-state index contributed by atoms with van der Waals surface area (Å²) in [5.41, 5.74) is 1.02. The fourth-order valence-electron chi connectivity index (χ4n) is 2.67. The highest BCUT2D eigenvalue weighted by Crippen LogP contribution is 2.23. The van der Waals surface area contributed by atoms with Gasteiger partial charge in [0.05, 0.1) is 12.7 Å². The predicted molar refractivity (Wildman–Crippen MR) is 110 cm³/mol. The number of hydrogen-bond donors (Lipinski definition) is 3. The largest absolute Gasteiger partial charge is 0.496 e. The van der Waals surface area contributed by atoms with E-state index in [9.17, 15) is 14.4 Å². The lowest BCUT2D eigenvalue weighted by molar-refractivity contribution is -0.120. The Morgan fingerprint density at radius 3 is 2.79 bits per heavy atom. The number of nitrogens with zero attached hydrogens (tertiary/aromatic N) is 2. The van der Waals surface area contributed by atoms with E-state index in [1.807, 2.05) is 11.6 Å². The van der Waals surface area contributed by atoms with Gasteiger partial charge in [0.2, 0.25) is 5.91 Å². The molecule has 0 aliphatic heterocycles. The molecule has 0 spiro atoms. The van der Waals surface area contributed by atoms with Crippen LogP contribution < -0.4 is 20.7 Å². The number of thiazole rings is 1. The Bertz CT molecular complexity index is 1010. The number of imidazole rings is 1. The monoisotopic (exact) mass is 415 g/mol. The van der Waals surface area contributed by atoms with E-state index in [1.54, 1.807) is 35.8 Å². The maximum atomic E-state index is 12.5. The second kappa shape index (κ2) is 9.20. The number of fused-ring (bicyclic) bond motifs is 1. The topological polar surface area (TPSA) is 114 Å². The van der Waals surface area contributed by atoms with E-state index < -0.39 is 0 Å². The van der Waals surface area contributed by atoms with E-state index in [1.165, 1.54) is 18.4 Å². The minimum absolute atomic E-state index is 0.0827. The summed E-state index contributed by atoms with van der Waals surface area (Å²) < 4.78 is 7.02. The van der Waals surface area contributed by atoms with Gasteiger partial charge >= 0.3 is 0 Å². The lowest BCUT2D eigenvalue weighted by atomic mass is 10.1. The third kappa shape index (κ3) is 4.91. The zero-order valence-corrected chi connectivity index (χ0v) is 16.8. The third-order valence-corrected chi connectivity index (χ3v) is 4.94. The molecule has 0 aliphatic rings. The molecule has 0 radical (unpaired) electrons. The summed E-state index contributed by atoms with van der Waals surface area (Å²) in [6, 6.07) is 4.81. The lowest BCUT2D eigenvalue weighted by Gasteiger charge is -2.12. The number of carbonyl (C=O) groups excluding carboxylic acids is 3. The van der Waals surface area contributed by atoms with Gasteiger partial charge < -0.3 is 20.7 Å². The summed E-state index contributed by atoms with van der Waals surface area (Å²) >= 11 is 1.43. The number of benzene rings is 1. The molecule has 2 aromatic heterocycles. The van der Waals surface area contributed by atoms with Gasteiger partial charge in [0.25, 0.3) is 11.8 Å². The Labute approximate surface area is 171 Å². The quantitative estimate of drug-likeness (QED) is 0.487. The highest BCUT2D eigenvalue weighted by atomic mass is 32.1. The molecule has 2 heterocycles. The Morgan fingerprint density at radius 1 is 1.24 bits per heavy atom. The first-order valence-corrected chi connectivity index (χ1v) is 9.80. The summed E-state index contributed by atoms with van der Waals surface area (Å²) in [6.45, 7) is 0.345. The molecule has 10 heteroatoms. The Morgan fingerprint density at radius 2 is 2.07 bits per heavy atom. The van der Waals surface area contributed by atoms with Crippen molar-refractivity contribution in [2.75, 3.05) is 26.0 Å². The van der Waals surface area contributed by atoms with Gasteiger partial charge in [-0.05, 0) is 24.6 Å². The van der Waals surface area contributed by atoms with Crippen LogP contribution in [0.15, 0.2) is 36.0 Å². The fourth-order valence-corrected chi connectivity index (χ4v) is 3.37. The van der Waals surface area contributed by atoms with Gasteiger partial charge in [-0.3, -0.25) is 18.8 Å². The number of amides is 3. The van der Waals surface area contributed by atoms with Crippen molar-refractivity contribution in [3.05, 3.63) is 47.2 Å². The Hall–Kier alpha value is -3.40. The number of carbonyl (C=O) groups is 3. The Kier molecular flexibility index (Phi) is 6.45. The van der Waals surface area contributed by atoms with Crippen LogP contribution in [0.2, 0.25) is 0 Å². The van der Waals surface area contributed by atoms with Crippen molar-refractivity contribution < 1.29 is 19.1 Å². The fraction of sp³-hybridized carbons (Fsp3) is 0.263. The van der Waals surface area contributed by atoms with E-state index in [-0.39, 0.29) is 29.0 Å². The average molecular weight is 415 g/mol. The van der Waals surface area contributed by atoms with Crippen LogP contribution >= 0.6 is 11.3 Å². The van der Waals surface area contributed by atoms with Crippen LogP contribution in [0.4, 0.5) is 5.69 Å². The molecule has 3 amide bonds. The minimum Gasteiger partial charge on any atom is -0.496 e. The standard InChI is InChI=1S/C19H21N5O4S/c1-20-16(25)4-3-7-21-17(26)13-10-12(5-6-15(13)28-2)22-18(27)14-11-24-8-9-29-19(24)23-14/h5-6,8-11H,3-4,7H2,1-2H3,(H,20,25)(H,21,26)(H,22,27). The van der Waals surface area contributed by atoms with Crippen molar-refractivity contribution in [1.29, 1.82) is 0 Å². The highest BCUT2D eigenvalue weighted by molar-refractivity contribution is 7.15. The molecule has 0 atom stereocenters. The smallest absolute Gasteiger partial charge is 0.275 e. The number of aromatic nitrogens is 2. The summed E-state index contributed by atoms with van der Waals surface area (Å²) in [4.78, 5) is 41.2. The normalized spacial score (nSPS) is 10.6. The summed E-state index contributed by atoms with van der Waals surface area (Å²) in [6.07, 6.45) is 4.31. The first-order chi connectivity index (χ1) is 14.0. The van der Waals surface area contributed by atoms with Gasteiger partial charge in [0.1, 0.15) is 11.4 Å². The van der Waals surface area contributed by atoms with Gasteiger partial charge in [-0.15, -0.1) is 11.3 Å². The minimum atomic E-state index is -0.372. The maximum Gasteiger partial charge on any atom is 0.275 e. The second-order valence-electron chi connectivity index (χ2n) is 6.12. The number of anilines is 1. The molecule has 0 saturated carbocycles. The average Bonchev–Trinajstić information content (AvgIpc) is 3.33. The zero-order chi connectivity index (χ0) is 20.8. The summed E-state index contributed by atoms with van der Waals surface area (Å²) in [7, 11) is 3.03. The predicted octanol–water partition coefficient (Wildman–Crippen LogP) is 1.91. The van der Waals surface area contributed by atoms with Crippen LogP contribution in [0.3, 0.4) is 0 Å². The van der Waals surface area contributed by atoms with Gasteiger partial charge in [0.15, 0.2) is 4.96 Å². The maximum absolute atomic E-state index is 12.5. The SMILES string of the molecule is CNC(=O)CCCNC(=O)c1cc(NC(=O)c2cn3ccsc3n2)ccc1OC. The summed E-state index contributed by atoms with van der Waals surface area (Å²) in [5, 5.41) is 9.91. The molecule has 0 aliphatic carbocycles. The molecule has 0 fully saturated rings. The lowest BCUT2D eigenvalue weighted by Crippen LogP contribution is -2.26. The highest BCUT2D eigenvalue weighted by Gasteiger charge is 2.16. The van der Waals surface area contributed by atoms with Crippen LogP contribution in [0.1, 0.15) is 33.7 Å². The first-order valence-electron chi connectivity index (χ1n) is 8.92. The molecule has 29 heavy (non-hydrogen) atoms. The number of methoxy groups -OCH3 is 1. The molecule has 152 valence electrons. The van der Waals surface area contributed by atoms with Crippen LogP contribution in [-0.4, -0.2) is 47.8 Å². The first kappa shape index (κ1) is 20.3. The second-order valence-corrected chi connectivity index (χ2v) is 6.99. The van der Waals surface area contributed by atoms with Crippen molar-refractivity contribution >= 4 is 39.7 Å². The number of rotatable bonds is 8. The Balaban J connectivity index is 1.67. The molecule has 0 saturated heterocycles. The van der Waals surface area contributed by atoms with E-state index in [0.29, 0.717) is 30.8 Å². The molecule has 3 rings (SSSR count). The number of ether oxygens (including phenoxy) is 1. The molecule has 1 aromatic carbocycles. The van der Waals surface area contributed by atoms with Crippen molar-refractivity contribution in [1.82, 2.24) is 20.0 Å². The van der Waals surface area contributed by atoms with Crippen LogP contribution in [0.5, 0.6) is 5.75 Å². The summed E-state index contributed by atoms with van der Waals surface area (Å²) in [5.74, 6) is -0.421. The molecular formula is C19H21N5O4S. The van der Waals surface area contributed by atoms with E-state index in [4.69, 9.17) is 4.74 Å². The van der Waals surface area contributed by atoms with E-state index in [0.717, 1.165) is 4.96 Å².